The lowest BCUT2D eigenvalue weighted by molar-refractivity contribution is 0.562. The molecule has 1 unspecified atom stereocenters. The minimum absolute atomic E-state index is 0.0612. The molecule has 1 aliphatic rings. The highest BCUT2D eigenvalue weighted by atomic mass is 32.2. The number of hydrogen-bond acceptors (Lipinski definition) is 4. The maximum Gasteiger partial charge on any atom is 0.216 e. The molecular weight excluding hydrogens is 280 g/mol. The second kappa shape index (κ2) is 6.74. The van der Waals surface area contributed by atoms with E-state index in [1.54, 1.807) is 11.8 Å². The van der Waals surface area contributed by atoms with Gasteiger partial charge in [0.15, 0.2) is 0 Å². The van der Waals surface area contributed by atoms with Crippen molar-refractivity contribution in [2.24, 2.45) is 0 Å². The Labute approximate surface area is 119 Å². The van der Waals surface area contributed by atoms with Gasteiger partial charge in [0, 0.05) is 18.3 Å². The van der Waals surface area contributed by atoms with Gasteiger partial charge in [-0.15, -0.1) is 0 Å². The average molecular weight is 300 g/mol. The first kappa shape index (κ1) is 14.8. The number of sulfonamides is 1. The van der Waals surface area contributed by atoms with Crippen molar-refractivity contribution in [1.29, 1.82) is 0 Å². The molecule has 2 rings (SSSR count). The van der Waals surface area contributed by atoms with E-state index in [0.717, 1.165) is 35.6 Å². The molecule has 1 fully saturated rings. The van der Waals surface area contributed by atoms with E-state index >= 15 is 0 Å². The van der Waals surface area contributed by atoms with Crippen molar-refractivity contribution in [1.82, 2.24) is 10.0 Å². The molecule has 6 heteroatoms. The molecule has 106 valence electrons. The predicted molar refractivity (Wildman–Crippen MR) is 80.7 cm³/mol. The second-order valence-corrected chi connectivity index (χ2v) is 7.69. The fraction of sp³-hybridized carbons (Fsp3) is 0.538. The molecule has 0 amide bonds. The van der Waals surface area contributed by atoms with Gasteiger partial charge in [0.25, 0.3) is 0 Å². The summed E-state index contributed by atoms with van der Waals surface area (Å²) in [6.07, 6.45) is 0.934. The molecule has 1 heterocycles. The van der Waals surface area contributed by atoms with Crippen LogP contribution in [0.2, 0.25) is 0 Å². The van der Waals surface area contributed by atoms with Gasteiger partial charge in [-0.1, -0.05) is 24.3 Å². The number of nitrogens with one attached hydrogen (secondary N) is 2. The minimum atomic E-state index is -3.23. The van der Waals surface area contributed by atoms with Gasteiger partial charge in [-0.3, -0.25) is 0 Å². The lowest BCUT2D eigenvalue weighted by atomic mass is 10.1. The zero-order valence-corrected chi connectivity index (χ0v) is 12.7. The third-order valence-corrected chi connectivity index (χ3v) is 5.57. The Morgan fingerprint density at radius 2 is 2.16 bits per heavy atom. The zero-order valence-electron chi connectivity index (χ0n) is 11.1. The van der Waals surface area contributed by atoms with Crippen molar-refractivity contribution in [3.63, 3.8) is 0 Å². The molecular formula is C13H20N2O2S2. The van der Waals surface area contributed by atoms with Crippen LogP contribution in [0.4, 0.5) is 0 Å². The second-order valence-electron chi connectivity index (χ2n) is 4.79. The van der Waals surface area contributed by atoms with Crippen LogP contribution in [0.5, 0.6) is 0 Å². The Balaban J connectivity index is 2.00. The van der Waals surface area contributed by atoms with Gasteiger partial charge in [0.05, 0.1) is 5.75 Å². The molecule has 2 N–H and O–H groups in total. The van der Waals surface area contributed by atoms with E-state index in [9.17, 15) is 8.42 Å². The van der Waals surface area contributed by atoms with Crippen molar-refractivity contribution in [2.45, 2.75) is 24.8 Å². The van der Waals surface area contributed by atoms with E-state index in [0.29, 0.717) is 0 Å². The first-order chi connectivity index (χ1) is 9.09. The summed E-state index contributed by atoms with van der Waals surface area (Å²) in [5, 5.41) is 3.06. The smallest absolute Gasteiger partial charge is 0.216 e. The van der Waals surface area contributed by atoms with Crippen LogP contribution in [0.3, 0.4) is 0 Å². The van der Waals surface area contributed by atoms with E-state index < -0.39 is 10.0 Å². The maximum atomic E-state index is 12.1. The summed E-state index contributed by atoms with van der Waals surface area (Å²) in [5.41, 5.74) is 1.94. The van der Waals surface area contributed by atoms with Crippen LogP contribution in [0.1, 0.15) is 17.5 Å². The fourth-order valence-corrected chi connectivity index (χ4v) is 4.84. The van der Waals surface area contributed by atoms with Gasteiger partial charge in [-0.25, -0.2) is 13.1 Å². The topological polar surface area (TPSA) is 58.2 Å². The standard InChI is InChI=1S/C13H20N2O2S2/c1-14-8-11-3-2-4-12(7-11)10-19(16,17)15-13-5-6-18-9-13/h2-4,7,13-15H,5-6,8-10H2,1H3. The molecule has 0 spiro atoms. The van der Waals surface area contributed by atoms with Gasteiger partial charge in [-0.2, -0.15) is 11.8 Å². The van der Waals surface area contributed by atoms with Crippen LogP contribution in [0, 0.1) is 0 Å². The quantitative estimate of drug-likeness (QED) is 0.832. The Kier molecular flexibility index (Phi) is 5.27. The summed E-state index contributed by atoms with van der Waals surface area (Å²) in [6.45, 7) is 0.751. The molecule has 0 bridgehead atoms. The van der Waals surface area contributed by atoms with E-state index in [1.165, 1.54) is 0 Å². The van der Waals surface area contributed by atoms with Gasteiger partial charge < -0.3 is 5.32 Å². The summed E-state index contributed by atoms with van der Waals surface area (Å²) >= 11 is 1.80. The average Bonchev–Trinajstić information content (AvgIpc) is 2.81. The summed E-state index contributed by atoms with van der Waals surface area (Å²) in [6, 6.07) is 7.81. The van der Waals surface area contributed by atoms with Crippen molar-refractivity contribution in [3.05, 3.63) is 35.4 Å². The fourth-order valence-electron chi connectivity index (χ4n) is 2.18. The highest BCUT2D eigenvalue weighted by molar-refractivity contribution is 7.99. The monoisotopic (exact) mass is 300 g/mol. The van der Waals surface area contributed by atoms with E-state index in [4.69, 9.17) is 0 Å². The largest absolute Gasteiger partial charge is 0.316 e. The Hall–Kier alpha value is -0.560. The number of hydrogen-bond donors (Lipinski definition) is 2. The van der Waals surface area contributed by atoms with Crippen molar-refractivity contribution in [2.75, 3.05) is 18.6 Å². The third-order valence-electron chi connectivity index (χ3n) is 3.00. The molecule has 0 aromatic heterocycles. The zero-order chi connectivity index (χ0) is 13.7. The van der Waals surface area contributed by atoms with E-state index in [-0.39, 0.29) is 11.8 Å². The molecule has 0 aliphatic carbocycles. The molecule has 0 saturated carbocycles. The lowest BCUT2D eigenvalue weighted by Crippen LogP contribution is -2.35. The van der Waals surface area contributed by atoms with Crippen LogP contribution in [-0.2, 0) is 22.3 Å². The number of benzene rings is 1. The highest BCUT2D eigenvalue weighted by Gasteiger charge is 2.21. The number of thioether (sulfide) groups is 1. The Bertz CT molecular complexity index is 511. The first-order valence-corrected chi connectivity index (χ1v) is 9.20. The summed E-state index contributed by atoms with van der Waals surface area (Å²) in [5.74, 6) is 2.00. The molecule has 1 atom stereocenters. The lowest BCUT2D eigenvalue weighted by Gasteiger charge is -2.12. The molecule has 0 radical (unpaired) electrons. The van der Waals surface area contributed by atoms with Crippen LogP contribution in [-0.4, -0.2) is 33.0 Å². The first-order valence-electron chi connectivity index (χ1n) is 6.39. The van der Waals surface area contributed by atoms with Crippen LogP contribution in [0.25, 0.3) is 0 Å². The van der Waals surface area contributed by atoms with Crippen molar-refractivity contribution >= 4 is 21.8 Å². The Morgan fingerprint density at radius 3 is 2.84 bits per heavy atom. The summed E-state index contributed by atoms with van der Waals surface area (Å²) in [7, 11) is -1.36. The van der Waals surface area contributed by atoms with E-state index in [1.807, 2.05) is 31.3 Å². The van der Waals surface area contributed by atoms with Gasteiger partial charge in [0.1, 0.15) is 0 Å². The minimum Gasteiger partial charge on any atom is -0.316 e. The third kappa shape index (κ3) is 4.80. The molecule has 4 nitrogen and oxygen atoms in total. The van der Waals surface area contributed by atoms with Crippen LogP contribution in [0.15, 0.2) is 24.3 Å². The SMILES string of the molecule is CNCc1cccc(CS(=O)(=O)NC2CCSC2)c1. The molecule has 19 heavy (non-hydrogen) atoms. The van der Waals surface area contributed by atoms with E-state index in [2.05, 4.69) is 10.0 Å². The Morgan fingerprint density at radius 1 is 1.37 bits per heavy atom. The maximum absolute atomic E-state index is 12.1. The van der Waals surface area contributed by atoms with Gasteiger partial charge in [-0.05, 0) is 30.3 Å². The van der Waals surface area contributed by atoms with Crippen molar-refractivity contribution in [3.8, 4) is 0 Å². The highest BCUT2D eigenvalue weighted by Crippen LogP contribution is 2.18. The van der Waals surface area contributed by atoms with Crippen LogP contribution < -0.4 is 10.0 Å². The number of rotatable bonds is 6. The molecule has 1 saturated heterocycles. The molecule has 1 aliphatic heterocycles. The normalized spacial score (nSPS) is 19.7. The molecule has 1 aromatic carbocycles. The van der Waals surface area contributed by atoms with Crippen molar-refractivity contribution < 1.29 is 8.42 Å². The predicted octanol–water partition coefficient (Wildman–Crippen LogP) is 1.33. The van der Waals surface area contributed by atoms with Gasteiger partial charge in [0.2, 0.25) is 10.0 Å². The van der Waals surface area contributed by atoms with Crippen LogP contribution >= 0.6 is 11.8 Å². The van der Waals surface area contributed by atoms with Gasteiger partial charge >= 0.3 is 0 Å². The summed E-state index contributed by atoms with van der Waals surface area (Å²) in [4.78, 5) is 0. The summed E-state index contributed by atoms with van der Waals surface area (Å²) < 4.78 is 27.0. The molecule has 1 aromatic rings.